The van der Waals surface area contributed by atoms with E-state index in [1.807, 2.05) is 18.2 Å². The van der Waals surface area contributed by atoms with Gasteiger partial charge in [0.2, 0.25) is 5.91 Å². The molecule has 2 aromatic carbocycles. The van der Waals surface area contributed by atoms with E-state index in [9.17, 15) is 9.59 Å². The fraction of sp³-hybridized carbons (Fsp3) is 0.174. The summed E-state index contributed by atoms with van der Waals surface area (Å²) >= 11 is 0. The number of pyridine rings is 1. The summed E-state index contributed by atoms with van der Waals surface area (Å²) < 4.78 is 0. The molecule has 1 atom stereocenters. The van der Waals surface area contributed by atoms with Gasteiger partial charge in [0.1, 0.15) is 0 Å². The van der Waals surface area contributed by atoms with Crippen LogP contribution in [0.2, 0.25) is 0 Å². The molecule has 3 aromatic rings. The van der Waals surface area contributed by atoms with E-state index >= 15 is 0 Å². The molecule has 6 nitrogen and oxygen atoms in total. The predicted octanol–water partition coefficient (Wildman–Crippen LogP) is 4.38. The van der Waals surface area contributed by atoms with Crippen molar-refractivity contribution in [3.63, 3.8) is 0 Å². The quantitative estimate of drug-likeness (QED) is 0.698. The number of anilines is 4. The zero-order chi connectivity index (χ0) is 20.4. The van der Waals surface area contributed by atoms with Gasteiger partial charge in [0.15, 0.2) is 0 Å². The largest absolute Gasteiger partial charge is 0.337 e. The van der Waals surface area contributed by atoms with Gasteiger partial charge in [-0.2, -0.15) is 0 Å². The second-order valence-electron chi connectivity index (χ2n) is 7.20. The molecule has 146 valence electrons. The van der Waals surface area contributed by atoms with E-state index in [0.29, 0.717) is 23.0 Å². The van der Waals surface area contributed by atoms with E-state index < -0.39 is 0 Å². The Hall–Kier alpha value is -3.67. The molecule has 0 aliphatic carbocycles. The summed E-state index contributed by atoms with van der Waals surface area (Å²) in [5.74, 6) is -0.367. The number of fused-ring (bicyclic) bond motifs is 1. The highest BCUT2D eigenvalue weighted by atomic mass is 16.2. The van der Waals surface area contributed by atoms with Gasteiger partial charge in [-0.05, 0) is 55.3 Å². The maximum Gasteiger partial charge on any atom is 0.257 e. The van der Waals surface area contributed by atoms with Gasteiger partial charge in [-0.1, -0.05) is 18.2 Å². The van der Waals surface area contributed by atoms with E-state index in [1.165, 1.54) is 12.5 Å². The molecule has 2 amide bonds. The first-order valence-electron chi connectivity index (χ1n) is 9.52. The SMILES string of the molecule is CC(=O)Nc1ccc(NC(=O)c2cncc(N3c4ccccc4CC3C)c2)cc1. The van der Waals surface area contributed by atoms with Crippen LogP contribution in [0.25, 0.3) is 0 Å². The lowest BCUT2D eigenvalue weighted by Crippen LogP contribution is -2.24. The zero-order valence-corrected chi connectivity index (χ0v) is 16.3. The Morgan fingerprint density at radius 3 is 2.41 bits per heavy atom. The number of para-hydroxylation sites is 1. The first-order chi connectivity index (χ1) is 14.0. The average molecular weight is 386 g/mol. The molecular weight excluding hydrogens is 364 g/mol. The molecule has 1 aromatic heterocycles. The minimum Gasteiger partial charge on any atom is -0.337 e. The zero-order valence-electron chi connectivity index (χ0n) is 16.3. The van der Waals surface area contributed by atoms with Crippen molar-refractivity contribution in [2.24, 2.45) is 0 Å². The summed E-state index contributed by atoms with van der Waals surface area (Å²) in [4.78, 5) is 30.4. The van der Waals surface area contributed by atoms with Crippen LogP contribution in [-0.2, 0) is 11.2 Å². The van der Waals surface area contributed by atoms with Crippen molar-refractivity contribution >= 4 is 34.6 Å². The third-order valence-electron chi connectivity index (χ3n) is 4.93. The molecular formula is C23H22N4O2. The number of nitrogens with one attached hydrogen (secondary N) is 2. The van der Waals surface area contributed by atoms with E-state index in [1.54, 1.807) is 36.7 Å². The lowest BCUT2D eigenvalue weighted by molar-refractivity contribution is -0.114. The van der Waals surface area contributed by atoms with Crippen molar-refractivity contribution in [1.29, 1.82) is 0 Å². The first kappa shape index (κ1) is 18.7. The second-order valence-corrected chi connectivity index (χ2v) is 7.20. The highest BCUT2D eigenvalue weighted by Gasteiger charge is 2.27. The van der Waals surface area contributed by atoms with Crippen LogP contribution in [0.4, 0.5) is 22.7 Å². The van der Waals surface area contributed by atoms with Gasteiger partial charge in [0.05, 0.1) is 17.4 Å². The third-order valence-corrected chi connectivity index (χ3v) is 4.93. The summed E-state index contributed by atoms with van der Waals surface area (Å²) in [7, 11) is 0. The second kappa shape index (κ2) is 7.75. The molecule has 2 N–H and O–H groups in total. The monoisotopic (exact) mass is 386 g/mol. The van der Waals surface area contributed by atoms with Crippen molar-refractivity contribution in [1.82, 2.24) is 4.98 Å². The molecule has 0 saturated carbocycles. The van der Waals surface area contributed by atoms with Crippen LogP contribution in [0.3, 0.4) is 0 Å². The number of hydrogen-bond acceptors (Lipinski definition) is 4. The Balaban J connectivity index is 1.53. The number of carbonyl (C=O) groups excluding carboxylic acids is 2. The molecule has 1 aliphatic rings. The molecule has 0 bridgehead atoms. The first-order valence-corrected chi connectivity index (χ1v) is 9.52. The number of benzene rings is 2. The Labute approximate surface area is 169 Å². The number of carbonyl (C=O) groups is 2. The molecule has 0 radical (unpaired) electrons. The van der Waals surface area contributed by atoms with Gasteiger partial charge in [-0.25, -0.2) is 0 Å². The van der Waals surface area contributed by atoms with Gasteiger partial charge in [-0.15, -0.1) is 0 Å². The van der Waals surface area contributed by atoms with E-state index in [2.05, 4.69) is 39.6 Å². The van der Waals surface area contributed by atoms with Gasteiger partial charge >= 0.3 is 0 Å². The molecule has 2 heterocycles. The van der Waals surface area contributed by atoms with Crippen LogP contribution >= 0.6 is 0 Å². The minimum atomic E-state index is -0.230. The highest BCUT2D eigenvalue weighted by Crippen LogP contribution is 2.37. The van der Waals surface area contributed by atoms with E-state index in [-0.39, 0.29) is 11.8 Å². The molecule has 1 unspecified atom stereocenters. The Morgan fingerprint density at radius 1 is 1.00 bits per heavy atom. The van der Waals surface area contributed by atoms with Crippen molar-refractivity contribution in [2.75, 3.05) is 15.5 Å². The van der Waals surface area contributed by atoms with Gasteiger partial charge in [0, 0.05) is 36.2 Å². The molecule has 0 spiro atoms. The van der Waals surface area contributed by atoms with Crippen molar-refractivity contribution in [3.8, 4) is 0 Å². The number of amides is 2. The van der Waals surface area contributed by atoms with Crippen LogP contribution in [-0.4, -0.2) is 22.8 Å². The normalized spacial score (nSPS) is 15.0. The van der Waals surface area contributed by atoms with Gasteiger partial charge < -0.3 is 15.5 Å². The fourth-order valence-electron chi connectivity index (χ4n) is 3.69. The molecule has 29 heavy (non-hydrogen) atoms. The Morgan fingerprint density at radius 2 is 1.69 bits per heavy atom. The highest BCUT2D eigenvalue weighted by molar-refractivity contribution is 6.04. The van der Waals surface area contributed by atoms with Crippen LogP contribution in [0.15, 0.2) is 67.0 Å². The Kier molecular flexibility index (Phi) is 4.99. The van der Waals surface area contributed by atoms with E-state index in [4.69, 9.17) is 0 Å². The smallest absolute Gasteiger partial charge is 0.257 e. The van der Waals surface area contributed by atoms with Gasteiger partial charge in [-0.3, -0.25) is 14.6 Å². The van der Waals surface area contributed by atoms with Crippen LogP contribution in [0, 0.1) is 0 Å². The van der Waals surface area contributed by atoms with Crippen molar-refractivity contribution < 1.29 is 9.59 Å². The van der Waals surface area contributed by atoms with Gasteiger partial charge in [0.25, 0.3) is 5.91 Å². The van der Waals surface area contributed by atoms with Crippen molar-refractivity contribution in [3.05, 3.63) is 78.1 Å². The minimum absolute atomic E-state index is 0.137. The average Bonchev–Trinajstić information content (AvgIpc) is 3.05. The number of hydrogen-bond donors (Lipinski definition) is 2. The number of rotatable bonds is 4. The van der Waals surface area contributed by atoms with Crippen molar-refractivity contribution in [2.45, 2.75) is 26.3 Å². The maximum atomic E-state index is 12.7. The number of aromatic nitrogens is 1. The molecule has 0 saturated heterocycles. The third kappa shape index (κ3) is 3.96. The summed E-state index contributed by atoms with van der Waals surface area (Å²) in [5, 5.41) is 5.58. The fourth-order valence-corrected chi connectivity index (χ4v) is 3.69. The molecule has 0 fully saturated rings. The standard InChI is InChI=1S/C23H22N4O2/c1-15-11-17-5-3-4-6-22(17)27(15)21-12-18(13-24-14-21)23(29)26-20-9-7-19(8-10-20)25-16(2)28/h3-10,12-15H,11H2,1-2H3,(H,25,28)(H,26,29). The lowest BCUT2D eigenvalue weighted by atomic mass is 10.1. The predicted molar refractivity (Wildman–Crippen MR) is 115 cm³/mol. The topological polar surface area (TPSA) is 74.3 Å². The summed E-state index contributed by atoms with van der Waals surface area (Å²) in [6.45, 7) is 3.62. The molecule has 4 rings (SSSR count). The lowest BCUT2D eigenvalue weighted by Gasteiger charge is -2.25. The van der Waals surface area contributed by atoms with Crippen LogP contribution < -0.4 is 15.5 Å². The Bertz CT molecular complexity index is 1060. The summed E-state index contributed by atoms with van der Waals surface area (Å²) in [5.41, 5.74) is 5.18. The maximum absolute atomic E-state index is 12.7. The number of nitrogens with zero attached hydrogens (tertiary/aromatic N) is 2. The van der Waals surface area contributed by atoms with Crippen LogP contribution in [0.1, 0.15) is 29.8 Å². The molecule has 1 aliphatic heterocycles. The van der Waals surface area contributed by atoms with E-state index in [0.717, 1.165) is 17.8 Å². The van der Waals surface area contributed by atoms with Crippen LogP contribution in [0.5, 0.6) is 0 Å². The summed E-state index contributed by atoms with van der Waals surface area (Å²) in [6.07, 6.45) is 4.32. The summed E-state index contributed by atoms with van der Waals surface area (Å²) in [6, 6.07) is 17.5. The molecule has 6 heteroatoms.